The Hall–Kier alpha value is -1.78. The highest BCUT2D eigenvalue weighted by molar-refractivity contribution is 7.14. The molecule has 0 saturated heterocycles. The molecule has 90 valence electrons. The van der Waals surface area contributed by atoms with Crippen molar-refractivity contribution in [3.05, 3.63) is 47.2 Å². The number of benzene rings is 1. The predicted molar refractivity (Wildman–Crippen MR) is 76.4 cm³/mol. The fourth-order valence-electron chi connectivity index (χ4n) is 1.84. The third kappa shape index (κ3) is 1.89. The molecule has 18 heavy (non-hydrogen) atoms. The van der Waals surface area contributed by atoms with Crippen LogP contribution in [0.3, 0.4) is 0 Å². The van der Waals surface area contributed by atoms with E-state index in [2.05, 4.69) is 0 Å². The van der Waals surface area contributed by atoms with Gasteiger partial charge in [-0.2, -0.15) is 0 Å². The van der Waals surface area contributed by atoms with Gasteiger partial charge in [0.25, 0.3) is 0 Å². The summed E-state index contributed by atoms with van der Waals surface area (Å²) in [5, 5.41) is 24.1. The molecule has 0 unspecified atom stereocenters. The minimum Gasteiger partial charge on any atom is -0.507 e. The first-order chi connectivity index (χ1) is 8.75. The van der Waals surface area contributed by atoms with Gasteiger partial charge in [0.15, 0.2) is 0 Å². The largest absolute Gasteiger partial charge is 0.507 e. The van der Waals surface area contributed by atoms with Crippen molar-refractivity contribution in [3.63, 3.8) is 0 Å². The van der Waals surface area contributed by atoms with Gasteiger partial charge in [-0.3, -0.25) is 0 Å². The van der Waals surface area contributed by atoms with Crippen molar-refractivity contribution < 1.29 is 10.2 Å². The summed E-state index contributed by atoms with van der Waals surface area (Å²) in [6.07, 6.45) is 0. The van der Waals surface area contributed by atoms with Crippen molar-refractivity contribution in [2.24, 2.45) is 0 Å². The van der Waals surface area contributed by atoms with E-state index in [4.69, 9.17) is 0 Å². The second-order valence-electron chi connectivity index (χ2n) is 3.84. The molecule has 3 aromatic rings. The topological polar surface area (TPSA) is 40.5 Å². The van der Waals surface area contributed by atoms with Crippen LogP contribution in [-0.2, 0) is 0 Å². The molecule has 0 fully saturated rings. The van der Waals surface area contributed by atoms with Gasteiger partial charge in [-0.05, 0) is 35.0 Å². The molecule has 0 amide bonds. The third-order valence-corrected chi connectivity index (χ3v) is 4.49. The Bertz CT molecular complexity index is 595. The van der Waals surface area contributed by atoms with E-state index in [1.807, 2.05) is 35.0 Å². The molecule has 0 spiro atoms. The number of hydrogen-bond donors (Lipinski definition) is 2. The van der Waals surface area contributed by atoms with E-state index in [0.717, 1.165) is 9.75 Å². The molecule has 3 rings (SSSR count). The zero-order chi connectivity index (χ0) is 12.5. The third-order valence-electron chi connectivity index (χ3n) is 2.69. The SMILES string of the molecule is Oc1cc(-c2cccs2)c(O)cc1-c1cccs1. The molecular formula is C14H10O2S2. The molecular weight excluding hydrogens is 264 g/mol. The lowest BCUT2D eigenvalue weighted by atomic mass is 10.1. The van der Waals surface area contributed by atoms with Crippen LogP contribution in [0.4, 0.5) is 0 Å². The number of phenols is 2. The highest BCUT2D eigenvalue weighted by Gasteiger charge is 2.12. The first-order valence-corrected chi connectivity index (χ1v) is 7.15. The average Bonchev–Trinajstić information content (AvgIpc) is 3.02. The van der Waals surface area contributed by atoms with Crippen molar-refractivity contribution in [3.8, 4) is 32.4 Å². The quantitative estimate of drug-likeness (QED) is 0.673. The molecule has 4 heteroatoms. The summed E-state index contributed by atoms with van der Waals surface area (Å²) in [4.78, 5) is 1.89. The highest BCUT2D eigenvalue weighted by atomic mass is 32.1. The lowest BCUT2D eigenvalue weighted by Crippen LogP contribution is -1.80. The number of hydrogen-bond acceptors (Lipinski definition) is 4. The van der Waals surface area contributed by atoms with Crippen LogP contribution in [0.15, 0.2) is 47.2 Å². The van der Waals surface area contributed by atoms with Crippen LogP contribution in [0, 0.1) is 0 Å². The van der Waals surface area contributed by atoms with Crippen LogP contribution in [0.2, 0.25) is 0 Å². The van der Waals surface area contributed by atoms with E-state index >= 15 is 0 Å². The molecule has 0 saturated carbocycles. The van der Waals surface area contributed by atoms with Crippen LogP contribution in [0.1, 0.15) is 0 Å². The molecule has 0 aliphatic heterocycles. The van der Waals surface area contributed by atoms with Gasteiger partial charge < -0.3 is 10.2 Å². The van der Waals surface area contributed by atoms with Crippen molar-refractivity contribution >= 4 is 22.7 Å². The fraction of sp³-hybridized carbons (Fsp3) is 0. The summed E-state index contributed by atoms with van der Waals surface area (Å²) >= 11 is 3.07. The Balaban J connectivity index is 2.15. The monoisotopic (exact) mass is 274 g/mol. The van der Waals surface area contributed by atoms with Crippen LogP contribution in [-0.4, -0.2) is 10.2 Å². The minimum atomic E-state index is 0.193. The van der Waals surface area contributed by atoms with E-state index in [1.165, 1.54) is 22.7 Å². The molecule has 0 aliphatic rings. The maximum atomic E-state index is 10.1. The van der Waals surface area contributed by atoms with Crippen molar-refractivity contribution in [2.75, 3.05) is 0 Å². The van der Waals surface area contributed by atoms with E-state index < -0.39 is 0 Å². The molecule has 0 atom stereocenters. The summed E-state index contributed by atoms with van der Waals surface area (Å²) in [6, 6.07) is 10.9. The molecule has 2 nitrogen and oxygen atoms in total. The second kappa shape index (κ2) is 4.48. The van der Waals surface area contributed by atoms with Gasteiger partial charge in [0.2, 0.25) is 0 Å². The Labute approximate surface area is 112 Å². The summed E-state index contributed by atoms with van der Waals surface area (Å²) in [5.74, 6) is 0.386. The van der Waals surface area contributed by atoms with Crippen molar-refractivity contribution in [1.82, 2.24) is 0 Å². The van der Waals surface area contributed by atoms with Crippen molar-refractivity contribution in [1.29, 1.82) is 0 Å². The first kappa shape index (κ1) is 11.3. The molecule has 0 bridgehead atoms. The standard InChI is InChI=1S/C14H10O2S2/c15-11-8-10(14-4-2-6-18-14)12(16)7-9(11)13-3-1-5-17-13/h1-8,15-16H. The van der Waals surface area contributed by atoms with Gasteiger partial charge in [-0.15, -0.1) is 22.7 Å². The van der Waals surface area contributed by atoms with Crippen LogP contribution >= 0.6 is 22.7 Å². The molecule has 0 aliphatic carbocycles. The summed E-state index contributed by atoms with van der Waals surface area (Å²) < 4.78 is 0. The molecule has 0 radical (unpaired) electrons. The number of phenolic OH excluding ortho intramolecular Hbond substituents is 2. The first-order valence-electron chi connectivity index (χ1n) is 5.39. The number of rotatable bonds is 2. The van der Waals surface area contributed by atoms with Gasteiger partial charge in [0.1, 0.15) is 11.5 Å². The smallest absolute Gasteiger partial charge is 0.125 e. The summed E-state index contributed by atoms with van der Waals surface area (Å²) in [7, 11) is 0. The molecule has 2 heterocycles. The molecule has 2 aromatic heterocycles. The van der Waals surface area contributed by atoms with E-state index in [1.54, 1.807) is 12.1 Å². The van der Waals surface area contributed by atoms with E-state index in [-0.39, 0.29) is 11.5 Å². The van der Waals surface area contributed by atoms with Crippen LogP contribution < -0.4 is 0 Å². The summed E-state index contributed by atoms with van der Waals surface area (Å²) in [5.41, 5.74) is 1.34. The van der Waals surface area contributed by atoms with Crippen LogP contribution in [0.25, 0.3) is 20.9 Å². The number of aromatic hydroxyl groups is 2. The maximum Gasteiger partial charge on any atom is 0.125 e. The minimum absolute atomic E-state index is 0.193. The Morgan fingerprint density at radius 1 is 0.722 bits per heavy atom. The van der Waals surface area contributed by atoms with Crippen LogP contribution in [0.5, 0.6) is 11.5 Å². The fourth-order valence-corrected chi connectivity index (χ4v) is 3.34. The second-order valence-corrected chi connectivity index (χ2v) is 5.74. The highest BCUT2D eigenvalue weighted by Crippen LogP contribution is 2.42. The normalized spacial score (nSPS) is 10.7. The molecule has 1 aromatic carbocycles. The lowest BCUT2D eigenvalue weighted by Gasteiger charge is -2.07. The van der Waals surface area contributed by atoms with E-state index in [0.29, 0.717) is 11.1 Å². The number of thiophene rings is 2. The molecule has 2 N–H and O–H groups in total. The van der Waals surface area contributed by atoms with Gasteiger partial charge in [-0.1, -0.05) is 12.1 Å². The predicted octanol–water partition coefficient (Wildman–Crippen LogP) is 4.55. The summed E-state index contributed by atoms with van der Waals surface area (Å²) in [6.45, 7) is 0. The Morgan fingerprint density at radius 3 is 1.50 bits per heavy atom. The van der Waals surface area contributed by atoms with E-state index in [9.17, 15) is 10.2 Å². The van der Waals surface area contributed by atoms with Gasteiger partial charge >= 0.3 is 0 Å². The zero-order valence-corrected chi connectivity index (χ0v) is 11.0. The van der Waals surface area contributed by atoms with Gasteiger partial charge in [0, 0.05) is 20.9 Å². The van der Waals surface area contributed by atoms with Gasteiger partial charge in [0.05, 0.1) is 0 Å². The zero-order valence-electron chi connectivity index (χ0n) is 9.33. The Morgan fingerprint density at radius 2 is 1.17 bits per heavy atom. The van der Waals surface area contributed by atoms with Gasteiger partial charge in [-0.25, -0.2) is 0 Å². The average molecular weight is 274 g/mol. The maximum absolute atomic E-state index is 10.1. The Kier molecular flexibility index (Phi) is 2.81. The lowest BCUT2D eigenvalue weighted by molar-refractivity contribution is 0.464. The van der Waals surface area contributed by atoms with Crippen molar-refractivity contribution in [2.45, 2.75) is 0 Å².